The van der Waals surface area contributed by atoms with Gasteiger partial charge >= 0.3 is 0 Å². The van der Waals surface area contributed by atoms with Crippen molar-refractivity contribution in [2.45, 2.75) is 43.8 Å². The summed E-state index contributed by atoms with van der Waals surface area (Å²) >= 11 is 3.13. The summed E-state index contributed by atoms with van der Waals surface area (Å²) in [7, 11) is 0. The van der Waals surface area contributed by atoms with E-state index in [1.54, 1.807) is 11.3 Å². The number of carbonyl (C=O) groups is 1. The fraction of sp³-hybridized carbons (Fsp3) is 0.435. The zero-order valence-electron chi connectivity index (χ0n) is 17.7. The molecule has 1 saturated carbocycles. The minimum atomic E-state index is -0.0208. The van der Waals surface area contributed by atoms with Gasteiger partial charge in [-0.25, -0.2) is 0 Å². The van der Waals surface area contributed by atoms with Gasteiger partial charge in [0.05, 0.1) is 10.6 Å². The standard InChI is InChI=1S/C23H27N5OS2/c1-16-10-12-27(13-11-16)18-6-4-17(5-7-18)24-21(29)15-31-23-26-25-22(20-3-2-14-30-20)28(23)19-8-9-19/h2-7,14,16,19H,8-13,15H2,1H3,(H,24,29). The summed E-state index contributed by atoms with van der Waals surface area (Å²) in [5, 5.41) is 14.7. The Balaban J connectivity index is 1.18. The van der Waals surface area contributed by atoms with E-state index in [1.807, 2.05) is 18.2 Å². The van der Waals surface area contributed by atoms with E-state index in [0.29, 0.717) is 11.8 Å². The number of benzene rings is 1. The van der Waals surface area contributed by atoms with E-state index in [4.69, 9.17) is 0 Å². The van der Waals surface area contributed by atoms with Gasteiger partial charge < -0.3 is 10.2 Å². The Bertz CT molecular complexity index is 1020. The number of anilines is 2. The van der Waals surface area contributed by atoms with Crippen molar-refractivity contribution in [1.29, 1.82) is 0 Å². The highest BCUT2D eigenvalue weighted by molar-refractivity contribution is 7.99. The molecule has 2 fully saturated rings. The molecule has 2 aromatic heterocycles. The lowest BCUT2D eigenvalue weighted by Gasteiger charge is -2.32. The fourth-order valence-corrected chi connectivity index (χ4v) is 5.47. The monoisotopic (exact) mass is 453 g/mol. The Morgan fingerprint density at radius 3 is 2.58 bits per heavy atom. The van der Waals surface area contributed by atoms with Crippen molar-refractivity contribution in [3.05, 3.63) is 41.8 Å². The van der Waals surface area contributed by atoms with Crippen LogP contribution in [0.4, 0.5) is 11.4 Å². The van der Waals surface area contributed by atoms with E-state index >= 15 is 0 Å². The number of nitrogens with one attached hydrogen (secondary N) is 1. The van der Waals surface area contributed by atoms with E-state index < -0.39 is 0 Å². The highest BCUT2D eigenvalue weighted by Gasteiger charge is 2.30. The maximum Gasteiger partial charge on any atom is 0.234 e. The second-order valence-corrected chi connectivity index (χ2v) is 10.3. The molecular formula is C23H27N5OS2. The molecule has 1 aliphatic carbocycles. The smallest absolute Gasteiger partial charge is 0.234 e. The molecule has 5 rings (SSSR count). The summed E-state index contributed by atoms with van der Waals surface area (Å²) in [6.45, 7) is 4.54. The topological polar surface area (TPSA) is 63.1 Å². The molecule has 6 nitrogen and oxygen atoms in total. The van der Waals surface area contributed by atoms with Crippen LogP contribution in [0.5, 0.6) is 0 Å². The predicted octanol–water partition coefficient (Wildman–Crippen LogP) is 5.31. The number of carbonyl (C=O) groups excluding carboxylic acids is 1. The number of amides is 1. The minimum Gasteiger partial charge on any atom is -0.372 e. The van der Waals surface area contributed by atoms with Crippen molar-refractivity contribution in [1.82, 2.24) is 14.8 Å². The van der Waals surface area contributed by atoms with Crippen LogP contribution in [-0.2, 0) is 4.79 Å². The number of nitrogens with zero attached hydrogens (tertiary/aromatic N) is 4. The molecule has 0 atom stereocenters. The number of aromatic nitrogens is 3. The molecule has 0 radical (unpaired) electrons. The lowest BCUT2D eigenvalue weighted by Crippen LogP contribution is -2.32. The Kier molecular flexibility index (Phi) is 6.00. The Hall–Kier alpha value is -2.32. The van der Waals surface area contributed by atoms with Gasteiger partial charge in [0.25, 0.3) is 0 Å². The van der Waals surface area contributed by atoms with Crippen LogP contribution in [0.15, 0.2) is 46.9 Å². The van der Waals surface area contributed by atoms with Crippen molar-refractivity contribution in [2.75, 3.05) is 29.1 Å². The first-order valence-electron chi connectivity index (χ1n) is 10.9. The third-order valence-electron chi connectivity index (χ3n) is 5.95. The van der Waals surface area contributed by atoms with Crippen LogP contribution in [0.1, 0.15) is 38.6 Å². The predicted molar refractivity (Wildman–Crippen MR) is 128 cm³/mol. The number of thioether (sulfide) groups is 1. The van der Waals surface area contributed by atoms with Gasteiger partial charge in [-0.05, 0) is 67.3 Å². The molecule has 3 heterocycles. The second kappa shape index (κ2) is 9.04. The molecule has 1 N–H and O–H groups in total. The third kappa shape index (κ3) is 4.80. The SMILES string of the molecule is CC1CCN(c2ccc(NC(=O)CSc3nnc(-c4cccs4)n3C3CC3)cc2)CC1. The number of rotatable bonds is 7. The van der Waals surface area contributed by atoms with Crippen LogP contribution in [0.2, 0.25) is 0 Å². The average molecular weight is 454 g/mol. The molecule has 0 unspecified atom stereocenters. The number of thiophene rings is 1. The minimum absolute atomic E-state index is 0.0208. The molecule has 162 valence electrons. The Morgan fingerprint density at radius 2 is 1.90 bits per heavy atom. The molecule has 31 heavy (non-hydrogen) atoms. The highest BCUT2D eigenvalue weighted by atomic mass is 32.2. The summed E-state index contributed by atoms with van der Waals surface area (Å²) in [6, 6.07) is 12.8. The fourth-order valence-electron chi connectivity index (χ4n) is 3.96. The van der Waals surface area contributed by atoms with Gasteiger partial charge in [0.2, 0.25) is 5.91 Å². The summed E-state index contributed by atoms with van der Waals surface area (Å²) in [5.41, 5.74) is 2.07. The largest absolute Gasteiger partial charge is 0.372 e. The summed E-state index contributed by atoms with van der Waals surface area (Å²) in [5.74, 6) is 2.04. The van der Waals surface area contributed by atoms with Gasteiger partial charge in [0.1, 0.15) is 0 Å². The van der Waals surface area contributed by atoms with Crippen molar-refractivity contribution < 1.29 is 4.79 Å². The number of hydrogen-bond acceptors (Lipinski definition) is 6. The average Bonchev–Trinajstić information content (AvgIpc) is 3.30. The van der Waals surface area contributed by atoms with E-state index in [-0.39, 0.29) is 5.91 Å². The lowest BCUT2D eigenvalue weighted by atomic mass is 9.99. The summed E-state index contributed by atoms with van der Waals surface area (Å²) < 4.78 is 2.21. The van der Waals surface area contributed by atoms with Gasteiger partial charge in [-0.2, -0.15) is 0 Å². The van der Waals surface area contributed by atoms with Crippen LogP contribution in [0, 0.1) is 5.92 Å². The molecule has 1 amide bonds. The van der Waals surface area contributed by atoms with Gasteiger partial charge in [-0.1, -0.05) is 24.8 Å². The van der Waals surface area contributed by atoms with Gasteiger partial charge in [0.15, 0.2) is 11.0 Å². The molecular weight excluding hydrogens is 426 g/mol. The highest BCUT2D eigenvalue weighted by Crippen LogP contribution is 2.41. The molecule has 0 bridgehead atoms. The first-order chi connectivity index (χ1) is 15.2. The van der Waals surface area contributed by atoms with Crippen LogP contribution >= 0.6 is 23.1 Å². The van der Waals surface area contributed by atoms with E-state index in [2.05, 4.69) is 55.5 Å². The molecule has 2 aliphatic rings. The molecule has 1 aromatic carbocycles. The van der Waals surface area contributed by atoms with Crippen LogP contribution in [0.25, 0.3) is 10.7 Å². The van der Waals surface area contributed by atoms with Crippen LogP contribution in [-0.4, -0.2) is 39.5 Å². The van der Waals surface area contributed by atoms with Crippen molar-refractivity contribution >= 4 is 40.4 Å². The summed E-state index contributed by atoms with van der Waals surface area (Å²) in [6.07, 6.45) is 4.79. The summed E-state index contributed by atoms with van der Waals surface area (Å²) in [4.78, 5) is 16.1. The first-order valence-corrected chi connectivity index (χ1v) is 12.8. The maximum atomic E-state index is 12.5. The van der Waals surface area contributed by atoms with Crippen LogP contribution in [0.3, 0.4) is 0 Å². The quantitative estimate of drug-likeness (QED) is 0.491. The molecule has 3 aromatic rings. The van der Waals surface area contributed by atoms with Crippen molar-refractivity contribution in [3.63, 3.8) is 0 Å². The van der Waals surface area contributed by atoms with Gasteiger partial charge in [0, 0.05) is 30.5 Å². The zero-order chi connectivity index (χ0) is 21.2. The Morgan fingerprint density at radius 1 is 1.13 bits per heavy atom. The van der Waals surface area contributed by atoms with Crippen molar-refractivity contribution in [3.8, 4) is 10.7 Å². The van der Waals surface area contributed by atoms with Gasteiger partial charge in [-0.3, -0.25) is 9.36 Å². The molecule has 0 spiro atoms. The van der Waals surface area contributed by atoms with Crippen molar-refractivity contribution in [2.24, 2.45) is 5.92 Å². The van der Waals surface area contributed by atoms with Crippen LogP contribution < -0.4 is 10.2 Å². The zero-order valence-corrected chi connectivity index (χ0v) is 19.3. The maximum absolute atomic E-state index is 12.5. The number of hydrogen-bond donors (Lipinski definition) is 1. The van der Waals surface area contributed by atoms with E-state index in [9.17, 15) is 4.79 Å². The third-order valence-corrected chi connectivity index (χ3v) is 7.76. The normalized spacial score (nSPS) is 17.1. The molecule has 1 saturated heterocycles. The van der Waals surface area contributed by atoms with E-state index in [0.717, 1.165) is 53.4 Å². The first kappa shape index (κ1) is 20.6. The van der Waals surface area contributed by atoms with Gasteiger partial charge in [-0.15, -0.1) is 21.5 Å². The lowest BCUT2D eigenvalue weighted by molar-refractivity contribution is -0.113. The Labute approximate surface area is 191 Å². The molecule has 1 aliphatic heterocycles. The van der Waals surface area contributed by atoms with E-state index in [1.165, 1.54) is 30.3 Å². The molecule has 8 heteroatoms. The number of piperidine rings is 1. The second-order valence-electron chi connectivity index (χ2n) is 8.44.